The lowest BCUT2D eigenvalue weighted by molar-refractivity contribution is -1.07. The van der Waals surface area contributed by atoms with Gasteiger partial charge < -0.3 is 10.1 Å². The van der Waals surface area contributed by atoms with Crippen molar-refractivity contribution in [2.75, 3.05) is 19.0 Å². The number of nitrogens with one attached hydrogen (secondary N) is 1. The van der Waals surface area contributed by atoms with E-state index >= 15 is 0 Å². The molecule has 2 unspecified atom stereocenters. The van der Waals surface area contributed by atoms with E-state index in [1.165, 1.54) is 6.92 Å². The Hall–Kier alpha value is -2.63. The quantitative estimate of drug-likeness (QED) is 0.836. The molecule has 0 spiro atoms. The van der Waals surface area contributed by atoms with Crippen molar-refractivity contribution < 1.29 is 19.4 Å². The molecule has 24 heavy (non-hydrogen) atoms. The normalized spacial score (nSPS) is 24.7. The summed E-state index contributed by atoms with van der Waals surface area (Å²) < 4.78 is 5.56. The number of carbonyl (C=O) groups excluding carboxylic acids is 1. The molecule has 2 aliphatic rings. The zero-order chi connectivity index (χ0) is 17.2. The van der Waals surface area contributed by atoms with E-state index in [-0.39, 0.29) is 23.2 Å². The van der Waals surface area contributed by atoms with Gasteiger partial charge >= 0.3 is 0 Å². The van der Waals surface area contributed by atoms with Gasteiger partial charge in [-0.3, -0.25) is 4.79 Å². The lowest BCUT2D eigenvalue weighted by atomic mass is 9.96. The number of fused-ring (bicyclic) bond motifs is 1. The number of amides is 1. The van der Waals surface area contributed by atoms with E-state index < -0.39 is 0 Å². The van der Waals surface area contributed by atoms with Gasteiger partial charge in [-0.05, 0) is 24.3 Å². The van der Waals surface area contributed by atoms with Crippen LogP contribution in [0.25, 0.3) is 0 Å². The molecule has 0 radical (unpaired) electrons. The maximum absolute atomic E-state index is 11.1. The largest absolute Gasteiger partial charge is 0.483 e. The summed E-state index contributed by atoms with van der Waals surface area (Å²) in [4.78, 5) is 11.1. The molecule has 5 nitrogen and oxygen atoms in total. The molecule has 0 aromatic heterocycles. The summed E-state index contributed by atoms with van der Waals surface area (Å²) >= 11 is 0. The lowest BCUT2D eigenvalue weighted by Gasteiger charge is -2.37. The van der Waals surface area contributed by atoms with Crippen LogP contribution in [0, 0.1) is 0 Å². The number of anilines is 1. The van der Waals surface area contributed by atoms with Gasteiger partial charge in [0.2, 0.25) is 5.91 Å². The SMILES string of the molecule is CC(=O)Nc1cccc(OCC2=CC=C3C=CC=CC3[N+]2(C)O)c1. The summed E-state index contributed by atoms with van der Waals surface area (Å²) in [7, 11) is 1.75. The molecule has 2 atom stereocenters. The number of quaternary nitrogens is 1. The minimum atomic E-state index is -0.252. The number of hydrogen-bond donors (Lipinski definition) is 2. The number of nitrogens with zero attached hydrogens (tertiary/aromatic N) is 1. The molecule has 1 amide bonds. The highest BCUT2D eigenvalue weighted by molar-refractivity contribution is 5.88. The first-order valence-electron chi connectivity index (χ1n) is 7.82. The minimum Gasteiger partial charge on any atom is -0.483 e. The molecule has 0 fully saturated rings. The lowest BCUT2D eigenvalue weighted by Crippen LogP contribution is -2.51. The van der Waals surface area contributed by atoms with E-state index in [9.17, 15) is 10.0 Å². The number of rotatable bonds is 4. The molecule has 0 saturated carbocycles. The Labute approximate surface area is 141 Å². The number of likely N-dealkylation sites (N-methyl/N-ethyl adjacent to an activating group) is 1. The van der Waals surface area contributed by atoms with Crippen LogP contribution < -0.4 is 10.1 Å². The highest BCUT2D eigenvalue weighted by Crippen LogP contribution is 2.31. The van der Waals surface area contributed by atoms with E-state index in [2.05, 4.69) is 5.32 Å². The second-order valence-electron chi connectivity index (χ2n) is 6.04. The molecule has 1 aromatic rings. The fraction of sp³-hybridized carbons (Fsp3) is 0.211. The van der Waals surface area contributed by atoms with Crippen LogP contribution in [-0.4, -0.2) is 35.5 Å². The summed E-state index contributed by atoms with van der Waals surface area (Å²) in [6.07, 6.45) is 11.8. The van der Waals surface area contributed by atoms with Crippen LogP contribution in [0.2, 0.25) is 0 Å². The molecule has 1 heterocycles. The number of allylic oxidation sites excluding steroid dienone is 4. The van der Waals surface area contributed by atoms with Crippen LogP contribution in [0.1, 0.15) is 6.92 Å². The van der Waals surface area contributed by atoms with Crippen LogP contribution in [0.5, 0.6) is 5.75 Å². The van der Waals surface area contributed by atoms with Crippen LogP contribution >= 0.6 is 0 Å². The molecule has 1 aliphatic carbocycles. The van der Waals surface area contributed by atoms with Gasteiger partial charge in [0.15, 0.2) is 18.3 Å². The van der Waals surface area contributed by atoms with Gasteiger partial charge in [-0.1, -0.05) is 24.3 Å². The number of carbonyl (C=O) groups is 1. The fourth-order valence-corrected chi connectivity index (χ4v) is 2.88. The molecule has 2 N–H and O–H groups in total. The van der Waals surface area contributed by atoms with Gasteiger partial charge in [0, 0.05) is 30.3 Å². The third kappa shape index (κ3) is 3.32. The minimum absolute atomic E-state index is 0.121. The predicted octanol–water partition coefficient (Wildman–Crippen LogP) is 3.18. The summed E-state index contributed by atoms with van der Waals surface area (Å²) in [5.74, 6) is 0.507. The van der Waals surface area contributed by atoms with Crippen LogP contribution in [0.4, 0.5) is 5.69 Å². The molecule has 5 heteroatoms. The molecule has 124 valence electrons. The maximum atomic E-state index is 11.1. The van der Waals surface area contributed by atoms with Crippen LogP contribution in [0.3, 0.4) is 0 Å². The van der Waals surface area contributed by atoms with Gasteiger partial charge in [0.25, 0.3) is 0 Å². The van der Waals surface area contributed by atoms with Gasteiger partial charge in [-0.25, -0.2) is 5.21 Å². The van der Waals surface area contributed by atoms with Gasteiger partial charge in [-0.2, -0.15) is 0 Å². The molecule has 3 rings (SSSR count). The predicted molar refractivity (Wildman–Crippen MR) is 92.4 cm³/mol. The monoisotopic (exact) mass is 325 g/mol. The fourth-order valence-electron chi connectivity index (χ4n) is 2.88. The van der Waals surface area contributed by atoms with Crippen molar-refractivity contribution in [3.63, 3.8) is 0 Å². The van der Waals surface area contributed by atoms with Crippen LogP contribution in [-0.2, 0) is 4.79 Å². The van der Waals surface area contributed by atoms with Crippen LogP contribution in [0.15, 0.2) is 72.0 Å². The molecule has 1 aromatic carbocycles. The first-order chi connectivity index (χ1) is 11.5. The average Bonchev–Trinajstić information content (AvgIpc) is 2.54. The topological polar surface area (TPSA) is 58.6 Å². The van der Waals surface area contributed by atoms with Gasteiger partial charge in [-0.15, -0.1) is 4.65 Å². The van der Waals surface area contributed by atoms with E-state index in [1.54, 1.807) is 19.2 Å². The average molecular weight is 325 g/mol. The number of hydroxylamine groups is 3. The summed E-state index contributed by atoms with van der Waals surface area (Å²) in [5, 5.41) is 13.6. The Kier molecular flexibility index (Phi) is 4.38. The number of hydrogen-bond acceptors (Lipinski definition) is 3. The smallest absolute Gasteiger partial charge is 0.221 e. The first kappa shape index (κ1) is 16.2. The summed E-state index contributed by atoms with van der Waals surface area (Å²) in [5.41, 5.74) is 2.51. The Morgan fingerprint density at radius 2 is 2.17 bits per heavy atom. The molecular weight excluding hydrogens is 304 g/mol. The second-order valence-corrected chi connectivity index (χ2v) is 6.04. The van der Waals surface area contributed by atoms with E-state index in [1.807, 2.05) is 48.6 Å². The molecule has 0 bridgehead atoms. The molecule has 0 saturated heterocycles. The number of benzene rings is 1. The van der Waals surface area contributed by atoms with Crippen molar-refractivity contribution in [2.24, 2.45) is 0 Å². The molecule has 1 aliphatic heterocycles. The van der Waals surface area contributed by atoms with Crippen molar-refractivity contribution in [1.29, 1.82) is 0 Å². The van der Waals surface area contributed by atoms with Crippen molar-refractivity contribution in [3.8, 4) is 5.75 Å². The van der Waals surface area contributed by atoms with Gasteiger partial charge in [0.1, 0.15) is 12.8 Å². The molecular formula is C19H21N2O3+. The zero-order valence-electron chi connectivity index (χ0n) is 13.8. The Balaban J connectivity index is 1.73. The second kappa shape index (κ2) is 6.47. The first-order valence-corrected chi connectivity index (χ1v) is 7.82. The van der Waals surface area contributed by atoms with E-state index in [4.69, 9.17) is 4.74 Å². The van der Waals surface area contributed by atoms with Crippen molar-refractivity contribution >= 4 is 11.6 Å². The van der Waals surface area contributed by atoms with E-state index in [0.717, 1.165) is 11.3 Å². The highest BCUT2D eigenvalue weighted by Gasteiger charge is 2.39. The van der Waals surface area contributed by atoms with Gasteiger partial charge in [0.05, 0.1) is 0 Å². The zero-order valence-corrected chi connectivity index (χ0v) is 13.8. The third-order valence-corrected chi connectivity index (χ3v) is 4.17. The van der Waals surface area contributed by atoms with Crippen molar-refractivity contribution in [2.45, 2.75) is 13.0 Å². The third-order valence-electron chi connectivity index (χ3n) is 4.17. The summed E-state index contributed by atoms with van der Waals surface area (Å²) in [6.45, 7) is 1.72. The Bertz CT molecular complexity index is 773. The van der Waals surface area contributed by atoms with Crippen molar-refractivity contribution in [1.82, 2.24) is 0 Å². The van der Waals surface area contributed by atoms with Crippen molar-refractivity contribution in [3.05, 3.63) is 72.0 Å². The Morgan fingerprint density at radius 1 is 1.33 bits per heavy atom. The van der Waals surface area contributed by atoms with E-state index in [0.29, 0.717) is 11.4 Å². The summed E-state index contributed by atoms with van der Waals surface area (Å²) in [6, 6.07) is 7.08. The Morgan fingerprint density at radius 3 is 2.96 bits per heavy atom. The standard InChI is InChI=1S/C19H20N2O3/c1-14(22)20-16-7-5-8-18(12-16)24-13-17-11-10-15-6-3-4-9-19(15)21(17,2)23/h3-12,19,23H,13H2,1-2H3/p+1. The highest BCUT2D eigenvalue weighted by atomic mass is 16.6. The number of ether oxygens (including phenoxy) is 1. The maximum Gasteiger partial charge on any atom is 0.221 e.